The van der Waals surface area contributed by atoms with Crippen LogP contribution in [0.2, 0.25) is 5.02 Å². The number of halogens is 1. The Balaban J connectivity index is 1.90. The van der Waals surface area contributed by atoms with Crippen LogP contribution in [0.5, 0.6) is 0 Å². The molecule has 1 fully saturated rings. The Hall–Kier alpha value is -1.32. The van der Waals surface area contributed by atoms with E-state index in [2.05, 4.69) is 5.32 Å². The van der Waals surface area contributed by atoms with Gasteiger partial charge in [-0.15, -0.1) is 0 Å². The van der Waals surface area contributed by atoms with Gasteiger partial charge in [0, 0.05) is 11.1 Å². The Labute approximate surface area is 118 Å². The molecule has 0 unspecified atom stereocenters. The Bertz CT molecular complexity index is 473. The van der Waals surface area contributed by atoms with Gasteiger partial charge < -0.3 is 10.4 Å². The number of aliphatic hydroxyl groups excluding tert-OH is 1. The van der Waals surface area contributed by atoms with Gasteiger partial charge in [-0.25, -0.2) is 0 Å². The smallest absolute Gasteiger partial charge is 0.244 e. The summed E-state index contributed by atoms with van der Waals surface area (Å²) in [7, 11) is 0. The summed E-state index contributed by atoms with van der Waals surface area (Å²) in [4.78, 5) is 11.8. The number of carbonyl (C=O) groups excluding carboxylic acids is 1. The minimum absolute atomic E-state index is 0.120. The molecule has 1 aliphatic rings. The lowest BCUT2D eigenvalue weighted by molar-refractivity contribution is -0.118. The highest BCUT2D eigenvalue weighted by molar-refractivity contribution is 6.30. The second kappa shape index (κ2) is 6.73. The number of carbonyl (C=O) groups is 1. The summed E-state index contributed by atoms with van der Waals surface area (Å²) >= 11 is 5.87. The minimum Gasteiger partial charge on any atom is -0.391 e. The highest BCUT2D eigenvalue weighted by Gasteiger charge is 2.23. The molecule has 0 saturated heterocycles. The van der Waals surface area contributed by atoms with Gasteiger partial charge in [0.1, 0.15) is 0 Å². The Morgan fingerprint density at radius 3 is 2.89 bits per heavy atom. The monoisotopic (exact) mass is 279 g/mol. The Kier molecular flexibility index (Phi) is 5.00. The lowest BCUT2D eigenvalue weighted by Crippen LogP contribution is -2.44. The van der Waals surface area contributed by atoms with Crippen molar-refractivity contribution >= 4 is 23.6 Å². The van der Waals surface area contributed by atoms with Crippen molar-refractivity contribution in [2.24, 2.45) is 0 Å². The first-order valence-corrected chi connectivity index (χ1v) is 6.95. The Morgan fingerprint density at radius 2 is 2.16 bits per heavy atom. The van der Waals surface area contributed by atoms with Crippen LogP contribution in [0.1, 0.15) is 31.2 Å². The quantitative estimate of drug-likeness (QED) is 0.836. The second-order valence-electron chi connectivity index (χ2n) is 4.86. The Morgan fingerprint density at radius 1 is 1.37 bits per heavy atom. The van der Waals surface area contributed by atoms with Crippen LogP contribution >= 0.6 is 11.6 Å². The van der Waals surface area contributed by atoms with Crippen molar-refractivity contribution in [2.75, 3.05) is 0 Å². The van der Waals surface area contributed by atoms with Gasteiger partial charge in [-0.3, -0.25) is 4.79 Å². The van der Waals surface area contributed by atoms with Crippen LogP contribution in [0, 0.1) is 0 Å². The van der Waals surface area contributed by atoms with E-state index in [1.54, 1.807) is 18.2 Å². The normalized spacial score (nSPS) is 23.5. The topological polar surface area (TPSA) is 49.3 Å². The van der Waals surface area contributed by atoms with Crippen molar-refractivity contribution in [1.82, 2.24) is 5.32 Å². The number of hydrogen-bond acceptors (Lipinski definition) is 2. The molecule has 2 rings (SSSR count). The summed E-state index contributed by atoms with van der Waals surface area (Å²) in [5.74, 6) is -0.175. The number of benzene rings is 1. The number of hydrogen-bond donors (Lipinski definition) is 2. The summed E-state index contributed by atoms with van der Waals surface area (Å²) in [6, 6.07) is 7.18. The first-order chi connectivity index (χ1) is 9.15. The van der Waals surface area contributed by atoms with Gasteiger partial charge in [-0.1, -0.05) is 36.6 Å². The molecule has 4 heteroatoms. The van der Waals surface area contributed by atoms with E-state index in [9.17, 15) is 9.90 Å². The molecule has 2 atom stereocenters. The zero-order valence-corrected chi connectivity index (χ0v) is 11.4. The third-order valence-electron chi connectivity index (χ3n) is 3.33. The van der Waals surface area contributed by atoms with E-state index in [-0.39, 0.29) is 11.9 Å². The van der Waals surface area contributed by atoms with E-state index < -0.39 is 6.10 Å². The van der Waals surface area contributed by atoms with Crippen molar-refractivity contribution in [3.05, 3.63) is 40.9 Å². The molecular formula is C15H18ClNO2. The molecule has 1 aromatic rings. The predicted octanol–water partition coefficient (Wildman–Crippen LogP) is 2.77. The first kappa shape index (κ1) is 14.1. The van der Waals surface area contributed by atoms with Gasteiger partial charge >= 0.3 is 0 Å². The zero-order valence-electron chi connectivity index (χ0n) is 10.7. The third-order valence-corrected chi connectivity index (χ3v) is 3.57. The molecule has 0 aromatic heterocycles. The summed E-state index contributed by atoms with van der Waals surface area (Å²) in [5.41, 5.74) is 0.881. The second-order valence-corrected chi connectivity index (χ2v) is 5.29. The van der Waals surface area contributed by atoms with E-state index >= 15 is 0 Å². The molecule has 3 nitrogen and oxygen atoms in total. The highest BCUT2D eigenvalue weighted by atomic mass is 35.5. The van der Waals surface area contributed by atoms with E-state index in [1.165, 1.54) is 6.08 Å². The van der Waals surface area contributed by atoms with Crippen LogP contribution in [-0.4, -0.2) is 23.2 Å². The summed E-state index contributed by atoms with van der Waals surface area (Å²) in [6.45, 7) is 0. The highest BCUT2D eigenvalue weighted by Crippen LogP contribution is 2.18. The molecule has 0 heterocycles. The fourth-order valence-corrected chi connectivity index (χ4v) is 2.49. The number of amides is 1. The van der Waals surface area contributed by atoms with E-state index in [0.29, 0.717) is 5.02 Å². The lowest BCUT2D eigenvalue weighted by Gasteiger charge is -2.27. The maximum absolute atomic E-state index is 11.8. The molecule has 1 saturated carbocycles. The molecule has 1 aromatic carbocycles. The van der Waals surface area contributed by atoms with E-state index in [1.807, 2.05) is 12.1 Å². The maximum atomic E-state index is 11.8. The van der Waals surface area contributed by atoms with Crippen molar-refractivity contribution in [1.29, 1.82) is 0 Å². The molecule has 0 bridgehead atoms. The number of nitrogens with one attached hydrogen (secondary N) is 1. The van der Waals surface area contributed by atoms with Crippen LogP contribution in [-0.2, 0) is 4.79 Å². The van der Waals surface area contributed by atoms with Crippen molar-refractivity contribution in [3.8, 4) is 0 Å². The standard InChI is InChI=1S/C15H18ClNO2/c16-12-5-3-4-11(10-12)8-9-15(19)17-13-6-1-2-7-14(13)18/h3-5,8-10,13-14,18H,1-2,6-7H2,(H,17,19)/b9-8+/t13-,14-/m1/s1. The lowest BCUT2D eigenvalue weighted by atomic mass is 9.92. The van der Waals surface area contributed by atoms with E-state index in [0.717, 1.165) is 31.2 Å². The zero-order chi connectivity index (χ0) is 13.7. The van der Waals surface area contributed by atoms with Crippen molar-refractivity contribution in [3.63, 3.8) is 0 Å². The number of rotatable bonds is 3. The molecule has 102 valence electrons. The van der Waals surface area contributed by atoms with Crippen LogP contribution in [0.25, 0.3) is 6.08 Å². The molecule has 0 radical (unpaired) electrons. The molecule has 0 spiro atoms. The molecule has 2 N–H and O–H groups in total. The van der Waals surface area contributed by atoms with Gasteiger partial charge in [0.05, 0.1) is 12.1 Å². The average Bonchev–Trinajstić information content (AvgIpc) is 2.39. The van der Waals surface area contributed by atoms with Gasteiger partial charge in [-0.05, 0) is 36.6 Å². The van der Waals surface area contributed by atoms with Crippen molar-refractivity contribution < 1.29 is 9.90 Å². The van der Waals surface area contributed by atoms with Gasteiger partial charge in [0.15, 0.2) is 0 Å². The van der Waals surface area contributed by atoms with Crippen LogP contribution < -0.4 is 5.32 Å². The minimum atomic E-state index is -0.419. The van der Waals surface area contributed by atoms with Crippen LogP contribution in [0.4, 0.5) is 0 Å². The molecular weight excluding hydrogens is 262 g/mol. The fraction of sp³-hybridized carbons (Fsp3) is 0.400. The maximum Gasteiger partial charge on any atom is 0.244 e. The van der Waals surface area contributed by atoms with Gasteiger partial charge in [0.2, 0.25) is 5.91 Å². The van der Waals surface area contributed by atoms with E-state index in [4.69, 9.17) is 11.6 Å². The predicted molar refractivity (Wildman–Crippen MR) is 76.9 cm³/mol. The summed E-state index contributed by atoms with van der Waals surface area (Å²) in [5, 5.41) is 13.3. The molecule has 19 heavy (non-hydrogen) atoms. The van der Waals surface area contributed by atoms with Gasteiger partial charge in [0.25, 0.3) is 0 Å². The number of aliphatic hydroxyl groups is 1. The first-order valence-electron chi connectivity index (χ1n) is 6.57. The van der Waals surface area contributed by atoms with Crippen LogP contribution in [0.15, 0.2) is 30.3 Å². The SMILES string of the molecule is O=C(/C=C/c1cccc(Cl)c1)N[C@@H]1CCCC[C@H]1O. The summed E-state index contributed by atoms with van der Waals surface area (Å²) < 4.78 is 0. The molecule has 1 amide bonds. The third kappa shape index (κ3) is 4.37. The van der Waals surface area contributed by atoms with Crippen molar-refractivity contribution in [2.45, 2.75) is 37.8 Å². The summed E-state index contributed by atoms with van der Waals surface area (Å²) in [6.07, 6.45) is 6.48. The molecule has 1 aliphatic carbocycles. The van der Waals surface area contributed by atoms with Crippen LogP contribution in [0.3, 0.4) is 0 Å². The average molecular weight is 280 g/mol. The largest absolute Gasteiger partial charge is 0.391 e. The van der Waals surface area contributed by atoms with Gasteiger partial charge in [-0.2, -0.15) is 0 Å². The fourth-order valence-electron chi connectivity index (χ4n) is 2.29. The molecule has 0 aliphatic heterocycles.